The predicted octanol–water partition coefficient (Wildman–Crippen LogP) is 2.23. The summed E-state index contributed by atoms with van der Waals surface area (Å²) in [4.78, 5) is 0.352. The maximum absolute atomic E-state index is 13.2. The van der Waals surface area contributed by atoms with Gasteiger partial charge in [-0.05, 0) is 17.9 Å². The Morgan fingerprint density at radius 1 is 1.25 bits per heavy atom. The van der Waals surface area contributed by atoms with Crippen molar-refractivity contribution in [2.24, 2.45) is 0 Å². The molecule has 2 aromatic rings. The van der Waals surface area contributed by atoms with Crippen molar-refractivity contribution >= 4 is 20.8 Å². The number of ether oxygens (including phenoxy) is 1. The van der Waals surface area contributed by atoms with E-state index in [4.69, 9.17) is 4.74 Å². The minimum absolute atomic E-state index is 0.126. The summed E-state index contributed by atoms with van der Waals surface area (Å²) in [5.41, 5.74) is 0. The number of hydrogen-bond donors (Lipinski definition) is 1. The highest BCUT2D eigenvalue weighted by Crippen LogP contribution is 2.27. The van der Waals surface area contributed by atoms with E-state index in [0.29, 0.717) is 24.5 Å². The van der Waals surface area contributed by atoms with Gasteiger partial charge in [0.15, 0.2) is 0 Å². The average molecular weight is 348 g/mol. The normalized spacial score (nSPS) is 20.4. The van der Waals surface area contributed by atoms with Crippen LogP contribution in [0.1, 0.15) is 13.3 Å². The smallest absolute Gasteiger partial charge is 0.243 e. The number of benzene rings is 2. The van der Waals surface area contributed by atoms with Crippen LogP contribution in [-0.2, 0) is 14.8 Å². The molecule has 3 rings (SSSR count). The average Bonchev–Trinajstić information content (AvgIpc) is 2.62. The van der Waals surface area contributed by atoms with E-state index in [-0.39, 0.29) is 12.1 Å². The van der Waals surface area contributed by atoms with Gasteiger partial charge in [-0.2, -0.15) is 4.31 Å². The molecule has 5 nitrogen and oxygen atoms in total. The Hall–Kier alpha value is -1.47. The Bertz CT molecular complexity index is 796. The van der Waals surface area contributed by atoms with Crippen molar-refractivity contribution in [2.75, 3.05) is 26.7 Å². The van der Waals surface area contributed by atoms with Gasteiger partial charge in [-0.3, -0.25) is 0 Å². The van der Waals surface area contributed by atoms with Gasteiger partial charge in [-0.15, -0.1) is 0 Å². The number of nitrogens with zero attached hydrogens (tertiary/aromatic N) is 1. The number of rotatable bonds is 5. The summed E-state index contributed by atoms with van der Waals surface area (Å²) in [7, 11) is -1.94. The molecule has 0 radical (unpaired) electrons. The van der Waals surface area contributed by atoms with E-state index < -0.39 is 10.0 Å². The first-order chi connectivity index (χ1) is 11.6. The summed E-state index contributed by atoms with van der Waals surface area (Å²) in [5, 5.41) is 4.96. The number of sulfonamides is 1. The van der Waals surface area contributed by atoms with E-state index in [9.17, 15) is 8.42 Å². The van der Waals surface area contributed by atoms with Crippen LogP contribution in [0.15, 0.2) is 47.4 Å². The molecule has 24 heavy (non-hydrogen) atoms. The van der Waals surface area contributed by atoms with Crippen LogP contribution >= 0.6 is 0 Å². The van der Waals surface area contributed by atoms with Crippen molar-refractivity contribution in [3.8, 4) is 0 Å². The van der Waals surface area contributed by atoms with Crippen LogP contribution in [-0.4, -0.2) is 51.6 Å². The molecule has 1 fully saturated rings. The van der Waals surface area contributed by atoms with Crippen molar-refractivity contribution < 1.29 is 13.2 Å². The number of hydrogen-bond acceptors (Lipinski definition) is 4. The number of morpholine rings is 1. The maximum Gasteiger partial charge on any atom is 0.243 e. The summed E-state index contributed by atoms with van der Waals surface area (Å²) in [6.07, 6.45) is 0.575. The number of nitrogens with one attached hydrogen (secondary N) is 1. The molecule has 1 heterocycles. The van der Waals surface area contributed by atoms with Crippen molar-refractivity contribution in [2.45, 2.75) is 30.4 Å². The van der Waals surface area contributed by atoms with Gasteiger partial charge in [0.1, 0.15) is 0 Å². The molecule has 1 N–H and O–H groups in total. The highest BCUT2D eigenvalue weighted by molar-refractivity contribution is 7.89. The van der Waals surface area contributed by atoms with Gasteiger partial charge in [0, 0.05) is 25.5 Å². The zero-order valence-electron chi connectivity index (χ0n) is 14.1. The summed E-state index contributed by atoms with van der Waals surface area (Å²) < 4.78 is 33.8. The third-order valence-electron chi connectivity index (χ3n) is 4.68. The molecule has 6 heteroatoms. The number of likely N-dealkylation sites (N-methyl/N-ethyl adjacent to an activating group) is 1. The molecule has 0 aliphatic carbocycles. The molecular weight excluding hydrogens is 324 g/mol. The summed E-state index contributed by atoms with van der Waals surface area (Å²) in [6.45, 7) is 4.10. The minimum Gasteiger partial charge on any atom is -0.374 e. The van der Waals surface area contributed by atoms with Gasteiger partial charge in [-0.25, -0.2) is 8.42 Å². The first-order valence-corrected chi connectivity index (χ1v) is 9.78. The monoisotopic (exact) mass is 348 g/mol. The van der Waals surface area contributed by atoms with Gasteiger partial charge >= 0.3 is 0 Å². The molecule has 1 aliphatic rings. The standard InChI is InChI=1S/C18H24N2O3S/c1-3-16(17-13-19-11-12-23-17)20(2)24(21,22)18-10-6-8-14-7-4-5-9-15(14)18/h4-10,16-17,19H,3,11-13H2,1-2H3. The molecule has 130 valence electrons. The second-order valence-electron chi connectivity index (χ2n) is 6.09. The highest BCUT2D eigenvalue weighted by atomic mass is 32.2. The van der Waals surface area contributed by atoms with E-state index in [0.717, 1.165) is 17.3 Å². The molecule has 0 aromatic heterocycles. The molecule has 0 bridgehead atoms. The van der Waals surface area contributed by atoms with Crippen LogP contribution in [0.2, 0.25) is 0 Å². The lowest BCUT2D eigenvalue weighted by Gasteiger charge is -2.35. The zero-order valence-corrected chi connectivity index (χ0v) is 14.9. The van der Waals surface area contributed by atoms with Crippen molar-refractivity contribution in [3.63, 3.8) is 0 Å². The lowest BCUT2D eigenvalue weighted by Crippen LogP contribution is -2.52. The van der Waals surface area contributed by atoms with E-state index in [1.165, 1.54) is 4.31 Å². The fourth-order valence-electron chi connectivity index (χ4n) is 3.34. The Labute approximate surface area is 143 Å². The predicted molar refractivity (Wildman–Crippen MR) is 95.6 cm³/mol. The molecule has 1 aliphatic heterocycles. The van der Waals surface area contributed by atoms with Crippen molar-refractivity contribution in [1.82, 2.24) is 9.62 Å². The van der Waals surface area contributed by atoms with Gasteiger partial charge in [0.2, 0.25) is 10.0 Å². The lowest BCUT2D eigenvalue weighted by atomic mass is 10.1. The van der Waals surface area contributed by atoms with E-state index in [1.54, 1.807) is 19.2 Å². The molecule has 0 amide bonds. The van der Waals surface area contributed by atoms with E-state index in [1.807, 2.05) is 37.3 Å². The second-order valence-corrected chi connectivity index (χ2v) is 8.05. The molecule has 2 unspecified atom stereocenters. The number of fused-ring (bicyclic) bond motifs is 1. The third kappa shape index (κ3) is 3.19. The molecular formula is C18H24N2O3S. The van der Waals surface area contributed by atoms with Crippen LogP contribution in [0.25, 0.3) is 10.8 Å². The molecule has 1 saturated heterocycles. The third-order valence-corrected chi connectivity index (χ3v) is 6.62. The first kappa shape index (κ1) is 17.4. The van der Waals surface area contributed by atoms with Crippen LogP contribution < -0.4 is 5.32 Å². The largest absolute Gasteiger partial charge is 0.374 e. The van der Waals surface area contributed by atoms with Gasteiger partial charge in [0.05, 0.1) is 23.6 Å². The Morgan fingerprint density at radius 3 is 2.71 bits per heavy atom. The van der Waals surface area contributed by atoms with E-state index in [2.05, 4.69) is 5.32 Å². The maximum atomic E-state index is 13.2. The second kappa shape index (κ2) is 7.19. The SMILES string of the molecule is CCC(C1CNCCO1)N(C)S(=O)(=O)c1cccc2ccccc12. The van der Waals surface area contributed by atoms with Gasteiger partial charge in [0.25, 0.3) is 0 Å². The summed E-state index contributed by atoms with van der Waals surface area (Å²) >= 11 is 0. The fraction of sp³-hybridized carbons (Fsp3) is 0.444. The van der Waals surface area contributed by atoms with Crippen LogP contribution in [0, 0.1) is 0 Å². The van der Waals surface area contributed by atoms with Crippen LogP contribution in [0.5, 0.6) is 0 Å². The van der Waals surface area contributed by atoms with Crippen LogP contribution in [0.3, 0.4) is 0 Å². The minimum atomic E-state index is -3.60. The fourth-order valence-corrected chi connectivity index (χ4v) is 5.01. The van der Waals surface area contributed by atoms with E-state index >= 15 is 0 Å². The quantitative estimate of drug-likeness (QED) is 0.900. The molecule has 0 spiro atoms. The Balaban J connectivity index is 1.98. The molecule has 0 saturated carbocycles. The topological polar surface area (TPSA) is 58.6 Å². The molecule has 2 atom stereocenters. The lowest BCUT2D eigenvalue weighted by molar-refractivity contribution is -0.0105. The summed E-state index contributed by atoms with van der Waals surface area (Å²) in [6, 6.07) is 12.8. The Kier molecular flexibility index (Phi) is 5.20. The van der Waals surface area contributed by atoms with Crippen molar-refractivity contribution in [3.05, 3.63) is 42.5 Å². The zero-order chi connectivity index (χ0) is 17.2. The Morgan fingerprint density at radius 2 is 2.00 bits per heavy atom. The highest BCUT2D eigenvalue weighted by Gasteiger charge is 2.34. The van der Waals surface area contributed by atoms with Crippen molar-refractivity contribution in [1.29, 1.82) is 0 Å². The van der Waals surface area contributed by atoms with Gasteiger partial charge in [-0.1, -0.05) is 43.3 Å². The summed E-state index contributed by atoms with van der Waals surface area (Å²) in [5.74, 6) is 0. The first-order valence-electron chi connectivity index (χ1n) is 8.34. The van der Waals surface area contributed by atoms with Gasteiger partial charge < -0.3 is 10.1 Å². The van der Waals surface area contributed by atoms with Crippen LogP contribution in [0.4, 0.5) is 0 Å². The molecule has 2 aromatic carbocycles.